The molecular weight excluding hydrogens is 413 g/mol. The molecule has 0 aliphatic carbocycles. The van der Waals surface area contributed by atoms with Crippen LogP contribution in [0.15, 0.2) is 66.7 Å². The normalized spacial score (nSPS) is 10.9. The Morgan fingerprint density at radius 1 is 1.03 bits per heavy atom. The standard InChI is InChI=1S/C23H18FN5OS/c24-19-4-1-3-18(11-19)14-29(13-17-9-7-16(12-25)8-10-17)15-22(30)26-20-5-2-6-21-23(20)28-31-27-21/h1-11H,13-15H2,(H,26,30). The van der Waals surface area contributed by atoms with Crippen molar-refractivity contribution in [2.45, 2.75) is 13.1 Å². The molecular formula is C23H18FN5OS. The van der Waals surface area contributed by atoms with Crippen LogP contribution >= 0.6 is 11.7 Å². The number of nitriles is 1. The Labute approximate surface area is 182 Å². The summed E-state index contributed by atoms with van der Waals surface area (Å²) in [6.07, 6.45) is 0. The van der Waals surface area contributed by atoms with Gasteiger partial charge in [0.1, 0.15) is 16.9 Å². The summed E-state index contributed by atoms with van der Waals surface area (Å²) in [6, 6.07) is 21.1. The van der Waals surface area contributed by atoms with Gasteiger partial charge in [0, 0.05) is 13.1 Å². The Balaban J connectivity index is 1.51. The lowest BCUT2D eigenvalue weighted by Crippen LogP contribution is -2.32. The molecule has 0 fully saturated rings. The van der Waals surface area contributed by atoms with Gasteiger partial charge in [-0.1, -0.05) is 30.3 Å². The van der Waals surface area contributed by atoms with Crippen LogP contribution in [0, 0.1) is 17.1 Å². The van der Waals surface area contributed by atoms with Gasteiger partial charge < -0.3 is 5.32 Å². The second-order valence-electron chi connectivity index (χ2n) is 7.07. The molecule has 0 saturated heterocycles. The Morgan fingerprint density at radius 3 is 2.58 bits per heavy atom. The number of carbonyl (C=O) groups excluding carboxylic acids is 1. The van der Waals surface area contributed by atoms with E-state index in [2.05, 4.69) is 20.1 Å². The summed E-state index contributed by atoms with van der Waals surface area (Å²) in [5.41, 5.74) is 4.30. The minimum Gasteiger partial charge on any atom is -0.323 e. The summed E-state index contributed by atoms with van der Waals surface area (Å²) >= 11 is 1.10. The molecule has 0 aliphatic rings. The van der Waals surface area contributed by atoms with Crippen LogP contribution in [-0.4, -0.2) is 26.1 Å². The van der Waals surface area contributed by atoms with Crippen LogP contribution in [0.1, 0.15) is 16.7 Å². The average Bonchev–Trinajstić information content (AvgIpc) is 3.24. The summed E-state index contributed by atoms with van der Waals surface area (Å²) < 4.78 is 22.1. The molecule has 1 amide bonds. The molecule has 0 bridgehead atoms. The van der Waals surface area contributed by atoms with Crippen molar-refractivity contribution < 1.29 is 9.18 Å². The summed E-state index contributed by atoms with van der Waals surface area (Å²) in [5, 5.41) is 11.9. The first-order valence-corrected chi connectivity index (χ1v) is 10.3. The van der Waals surface area contributed by atoms with E-state index >= 15 is 0 Å². The van der Waals surface area contributed by atoms with E-state index in [1.165, 1.54) is 12.1 Å². The second kappa shape index (κ2) is 9.43. The Morgan fingerprint density at radius 2 is 1.81 bits per heavy atom. The van der Waals surface area contributed by atoms with Gasteiger partial charge in [0.05, 0.1) is 35.6 Å². The minimum atomic E-state index is -0.317. The molecule has 0 radical (unpaired) electrons. The fourth-order valence-electron chi connectivity index (χ4n) is 3.30. The molecule has 1 N–H and O–H groups in total. The molecule has 31 heavy (non-hydrogen) atoms. The maximum absolute atomic E-state index is 13.7. The van der Waals surface area contributed by atoms with E-state index < -0.39 is 0 Å². The predicted molar refractivity (Wildman–Crippen MR) is 118 cm³/mol. The first-order valence-electron chi connectivity index (χ1n) is 9.58. The van der Waals surface area contributed by atoms with Crippen LogP contribution < -0.4 is 5.32 Å². The zero-order valence-corrected chi connectivity index (χ0v) is 17.3. The Kier molecular flexibility index (Phi) is 6.26. The zero-order chi connectivity index (χ0) is 21.6. The monoisotopic (exact) mass is 431 g/mol. The fraction of sp³-hybridized carbons (Fsp3) is 0.130. The fourth-order valence-corrected chi connectivity index (χ4v) is 3.85. The first-order chi connectivity index (χ1) is 15.1. The van der Waals surface area contributed by atoms with Gasteiger partial charge in [-0.05, 0) is 47.5 Å². The largest absolute Gasteiger partial charge is 0.323 e. The van der Waals surface area contributed by atoms with E-state index in [9.17, 15) is 9.18 Å². The van der Waals surface area contributed by atoms with Crippen LogP contribution in [0.3, 0.4) is 0 Å². The lowest BCUT2D eigenvalue weighted by Gasteiger charge is -2.22. The van der Waals surface area contributed by atoms with Gasteiger partial charge in [-0.2, -0.15) is 14.0 Å². The SMILES string of the molecule is N#Cc1ccc(CN(CC(=O)Nc2cccc3nsnc23)Cc2cccc(F)c2)cc1. The maximum Gasteiger partial charge on any atom is 0.238 e. The molecule has 4 aromatic rings. The van der Waals surface area contributed by atoms with Gasteiger partial charge in [0.15, 0.2) is 0 Å². The molecule has 0 spiro atoms. The van der Waals surface area contributed by atoms with Gasteiger partial charge in [-0.15, -0.1) is 0 Å². The lowest BCUT2D eigenvalue weighted by molar-refractivity contribution is -0.117. The van der Waals surface area contributed by atoms with Gasteiger partial charge in [0.25, 0.3) is 0 Å². The van der Waals surface area contributed by atoms with E-state index in [1.807, 2.05) is 35.2 Å². The van der Waals surface area contributed by atoms with Crippen molar-refractivity contribution in [2.24, 2.45) is 0 Å². The molecule has 0 aliphatic heterocycles. The van der Waals surface area contributed by atoms with E-state index in [0.29, 0.717) is 29.9 Å². The molecule has 0 saturated carbocycles. The number of benzene rings is 3. The molecule has 6 nitrogen and oxygen atoms in total. The van der Waals surface area contributed by atoms with Crippen molar-refractivity contribution in [3.8, 4) is 6.07 Å². The number of aromatic nitrogens is 2. The van der Waals surface area contributed by atoms with E-state index in [4.69, 9.17) is 5.26 Å². The molecule has 1 aromatic heterocycles. The highest BCUT2D eigenvalue weighted by atomic mass is 32.1. The molecule has 8 heteroatoms. The third-order valence-corrected chi connectivity index (χ3v) is 5.25. The molecule has 154 valence electrons. The number of nitrogens with zero attached hydrogens (tertiary/aromatic N) is 4. The quantitative estimate of drug-likeness (QED) is 0.471. The summed E-state index contributed by atoms with van der Waals surface area (Å²) in [6.45, 7) is 0.968. The summed E-state index contributed by atoms with van der Waals surface area (Å²) in [5.74, 6) is -0.520. The Bertz CT molecular complexity index is 1250. The predicted octanol–water partition coefficient (Wildman–Crippen LogP) is 4.34. The topological polar surface area (TPSA) is 81.9 Å². The Hall–Kier alpha value is -3.67. The number of fused-ring (bicyclic) bond motifs is 1. The van der Waals surface area contributed by atoms with Crippen molar-refractivity contribution in [1.82, 2.24) is 13.6 Å². The smallest absolute Gasteiger partial charge is 0.238 e. The third-order valence-electron chi connectivity index (χ3n) is 4.71. The molecule has 4 rings (SSSR count). The summed E-state index contributed by atoms with van der Waals surface area (Å²) in [4.78, 5) is 14.7. The van der Waals surface area contributed by atoms with Crippen molar-refractivity contribution in [3.05, 3.63) is 89.2 Å². The minimum absolute atomic E-state index is 0.102. The van der Waals surface area contributed by atoms with Crippen LogP contribution in [0.4, 0.5) is 10.1 Å². The van der Waals surface area contributed by atoms with Crippen LogP contribution in [0.25, 0.3) is 11.0 Å². The van der Waals surface area contributed by atoms with Crippen molar-refractivity contribution in [1.29, 1.82) is 5.26 Å². The highest BCUT2D eigenvalue weighted by molar-refractivity contribution is 7.00. The number of rotatable bonds is 7. The van der Waals surface area contributed by atoms with Crippen LogP contribution in [-0.2, 0) is 17.9 Å². The highest BCUT2D eigenvalue weighted by Gasteiger charge is 2.15. The number of anilines is 1. The molecule has 1 heterocycles. The number of amides is 1. The van der Waals surface area contributed by atoms with Crippen molar-refractivity contribution in [3.63, 3.8) is 0 Å². The molecule has 3 aromatic carbocycles. The molecule has 0 atom stereocenters. The van der Waals surface area contributed by atoms with Gasteiger partial charge >= 0.3 is 0 Å². The summed E-state index contributed by atoms with van der Waals surface area (Å²) in [7, 11) is 0. The van der Waals surface area contributed by atoms with E-state index in [0.717, 1.165) is 28.4 Å². The van der Waals surface area contributed by atoms with Crippen molar-refractivity contribution >= 4 is 34.4 Å². The zero-order valence-electron chi connectivity index (χ0n) is 16.5. The van der Waals surface area contributed by atoms with Crippen LogP contribution in [0.5, 0.6) is 0 Å². The first kappa shape index (κ1) is 20.6. The van der Waals surface area contributed by atoms with Gasteiger partial charge in [-0.25, -0.2) is 4.39 Å². The third kappa shape index (κ3) is 5.28. The van der Waals surface area contributed by atoms with Gasteiger partial charge in [-0.3, -0.25) is 9.69 Å². The van der Waals surface area contributed by atoms with Crippen molar-refractivity contribution in [2.75, 3.05) is 11.9 Å². The number of hydrogen-bond donors (Lipinski definition) is 1. The van der Waals surface area contributed by atoms with Gasteiger partial charge in [0.2, 0.25) is 5.91 Å². The number of hydrogen-bond acceptors (Lipinski definition) is 6. The molecule has 0 unspecified atom stereocenters. The number of carbonyl (C=O) groups is 1. The highest BCUT2D eigenvalue weighted by Crippen LogP contribution is 2.21. The second-order valence-corrected chi connectivity index (χ2v) is 7.60. The lowest BCUT2D eigenvalue weighted by atomic mass is 10.1. The van der Waals surface area contributed by atoms with E-state index in [-0.39, 0.29) is 18.3 Å². The average molecular weight is 431 g/mol. The number of nitrogens with one attached hydrogen (secondary N) is 1. The van der Waals surface area contributed by atoms with E-state index in [1.54, 1.807) is 24.3 Å². The number of halogens is 1. The van der Waals surface area contributed by atoms with Crippen LogP contribution in [0.2, 0.25) is 0 Å². The maximum atomic E-state index is 13.7.